The highest BCUT2D eigenvalue weighted by molar-refractivity contribution is 6.07. The van der Waals surface area contributed by atoms with Gasteiger partial charge in [0.25, 0.3) is 5.91 Å². The minimum absolute atomic E-state index is 0.283. The number of halogens is 2. The summed E-state index contributed by atoms with van der Waals surface area (Å²) in [4.78, 5) is 16.6. The Kier molecular flexibility index (Phi) is 4.47. The minimum Gasteiger partial charge on any atom is -0.340 e. The van der Waals surface area contributed by atoms with Gasteiger partial charge >= 0.3 is 0 Å². The van der Waals surface area contributed by atoms with Gasteiger partial charge in [-0.1, -0.05) is 6.07 Å². The Labute approximate surface area is 137 Å². The summed E-state index contributed by atoms with van der Waals surface area (Å²) in [6.07, 6.45) is 1.53. The van der Waals surface area contributed by atoms with Crippen LogP contribution in [0.1, 0.15) is 10.4 Å². The van der Waals surface area contributed by atoms with Crippen LogP contribution in [0, 0.1) is 11.6 Å². The summed E-state index contributed by atoms with van der Waals surface area (Å²) in [6.45, 7) is 0. The van der Waals surface area contributed by atoms with E-state index in [4.69, 9.17) is 0 Å². The van der Waals surface area contributed by atoms with Crippen LogP contribution in [0.15, 0.2) is 66.9 Å². The number of carbonyl (C=O) groups excluding carboxylic acids is 1. The second-order valence-electron chi connectivity index (χ2n) is 5.00. The molecule has 0 aliphatic heterocycles. The number of amides is 1. The molecule has 0 fully saturated rings. The lowest BCUT2D eigenvalue weighted by atomic mass is 10.2. The van der Waals surface area contributed by atoms with Crippen molar-refractivity contribution in [3.63, 3.8) is 0 Å². The van der Waals surface area contributed by atoms with Gasteiger partial charge in [0, 0.05) is 17.6 Å². The molecule has 120 valence electrons. The third-order valence-corrected chi connectivity index (χ3v) is 3.24. The molecule has 2 N–H and O–H groups in total. The average molecular weight is 325 g/mol. The lowest BCUT2D eigenvalue weighted by molar-refractivity contribution is 0.102. The molecule has 0 radical (unpaired) electrons. The third kappa shape index (κ3) is 3.73. The van der Waals surface area contributed by atoms with E-state index in [1.54, 1.807) is 18.2 Å². The van der Waals surface area contributed by atoms with Crippen molar-refractivity contribution in [2.75, 3.05) is 10.6 Å². The first-order valence-electron chi connectivity index (χ1n) is 7.16. The summed E-state index contributed by atoms with van der Waals surface area (Å²) >= 11 is 0. The lowest BCUT2D eigenvalue weighted by Crippen LogP contribution is -2.14. The maximum Gasteiger partial charge on any atom is 0.259 e. The summed E-state index contributed by atoms with van der Waals surface area (Å²) in [5, 5.41) is 5.58. The molecule has 0 atom stereocenters. The predicted octanol–water partition coefficient (Wildman–Crippen LogP) is 4.36. The highest BCUT2D eigenvalue weighted by atomic mass is 19.1. The Morgan fingerprint density at radius 2 is 1.67 bits per heavy atom. The summed E-state index contributed by atoms with van der Waals surface area (Å²) in [6, 6.07) is 14.5. The van der Waals surface area contributed by atoms with E-state index in [1.165, 1.54) is 48.7 Å². The van der Waals surface area contributed by atoms with E-state index in [-0.39, 0.29) is 11.4 Å². The second kappa shape index (κ2) is 6.87. The van der Waals surface area contributed by atoms with Crippen molar-refractivity contribution in [1.82, 2.24) is 4.98 Å². The molecule has 6 heteroatoms. The number of benzene rings is 2. The number of carbonyl (C=O) groups is 1. The van der Waals surface area contributed by atoms with Gasteiger partial charge in [0.2, 0.25) is 0 Å². The van der Waals surface area contributed by atoms with Gasteiger partial charge in [0.15, 0.2) is 0 Å². The van der Waals surface area contributed by atoms with Crippen molar-refractivity contribution >= 4 is 23.1 Å². The molecule has 0 saturated carbocycles. The summed E-state index contributed by atoms with van der Waals surface area (Å²) in [7, 11) is 0. The Morgan fingerprint density at radius 3 is 2.42 bits per heavy atom. The van der Waals surface area contributed by atoms with Crippen molar-refractivity contribution in [2.45, 2.75) is 0 Å². The molecule has 0 saturated heterocycles. The Bertz CT molecular complexity index is 866. The summed E-state index contributed by atoms with van der Waals surface area (Å²) < 4.78 is 26.2. The predicted molar refractivity (Wildman–Crippen MR) is 88.3 cm³/mol. The van der Waals surface area contributed by atoms with E-state index in [0.29, 0.717) is 17.2 Å². The first-order chi connectivity index (χ1) is 11.6. The fraction of sp³-hybridized carbons (Fsp3) is 0. The number of anilines is 3. The van der Waals surface area contributed by atoms with Crippen molar-refractivity contribution < 1.29 is 13.6 Å². The molecule has 0 bridgehead atoms. The van der Waals surface area contributed by atoms with Gasteiger partial charge < -0.3 is 10.6 Å². The zero-order chi connectivity index (χ0) is 16.9. The van der Waals surface area contributed by atoms with E-state index < -0.39 is 11.7 Å². The normalized spacial score (nSPS) is 10.2. The third-order valence-electron chi connectivity index (χ3n) is 3.24. The Morgan fingerprint density at radius 1 is 0.875 bits per heavy atom. The van der Waals surface area contributed by atoms with Crippen LogP contribution in [-0.4, -0.2) is 10.9 Å². The van der Waals surface area contributed by atoms with Crippen molar-refractivity contribution in [3.05, 3.63) is 84.1 Å². The zero-order valence-corrected chi connectivity index (χ0v) is 12.5. The average Bonchev–Trinajstić information content (AvgIpc) is 2.57. The molecule has 0 unspecified atom stereocenters. The van der Waals surface area contributed by atoms with Gasteiger partial charge in [0.05, 0.1) is 5.56 Å². The molecule has 2 aromatic carbocycles. The van der Waals surface area contributed by atoms with Crippen LogP contribution >= 0.6 is 0 Å². The largest absolute Gasteiger partial charge is 0.340 e. The molecular weight excluding hydrogens is 312 g/mol. The molecule has 0 aliphatic rings. The molecule has 24 heavy (non-hydrogen) atoms. The lowest BCUT2D eigenvalue weighted by Gasteiger charge is -2.11. The number of aromatic nitrogens is 1. The highest BCUT2D eigenvalue weighted by Gasteiger charge is 2.13. The Hall–Kier alpha value is -3.28. The maximum atomic E-state index is 13.2. The number of nitrogens with zero attached hydrogens (tertiary/aromatic N) is 1. The van der Waals surface area contributed by atoms with E-state index in [2.05, 4.69) is 15.6 Å². The van der Waals surface area contributed by atoms with E-state index in [0.717, 1.165) is 0 Å². The fourth-order valence-electron chi connectivity index (χ4n) is 2.12. The Balaban J connectivity index is 1.83. The quantitative estimate of drug-likeness (QED) is 0.749. The fourth-order valence-corrected chi connectivity index (χ4v) is 2.12. The number of hydrogen-bond donors (Lipinski definition) is 2. The molecule has 1 amide bonds. The molecule has 3 rings (SSSR count). The number of hydrogen-bond acceptors (Lipinski definition) is 3. The first kappa shape index (κ1) is 15.6. The molecule has 0 aliphatic carbocycles. The smallest absolute Gasteiger partial charge is 0.259 e. The van der Waals surface area contributed by atoms with Gasteiger partial charge in [-0.2, -0.15) is 0 Å². The van der Waals surface area contributed by atoms with E-state index in [1.807, 2.05) is 0 Å². The topological polar surface area (TPSA) is 54.0 Å². The molecular formula is C18H13F2N3O. The molecule has 3 aromatic rings. The number of pyridine rings is 1. The SMILES string of the molecule is O=C(Nc1cccc(F)c1)c1cccnc1Nc1ccc(F)cc1. The van der Waals surface area contributed by atoms with Gasteiger partial charge in [-0.25, -0.2) is 13.8 Å². The minimum atomic E-state index is -0.441. The standard InChI is InChI=1S/C18H13F2N3O/c19-12-6-8-14(9-7-12)22-17-16(5-2-10-21-17)18(24)23-15-4-1-3-13(20)11-15/h1-11H,(H,21,22)(H,23,24). The zero-order valence-electron chi connectivity index (χ0n) is 12.5. The highest BCUT2D eigenvalue weighted by Crippen LogP contribution is 2.20. The molecule has 1 aromatic heterocycles. The second-order valence-corrected chi connectivity index (χ2v) is 5.00. The van der Waals surface area contributed by atoms with Gasteiger partial charge in [0.1, 0.15) is 17.5 Å². The van der Waals surface area contributed by atoms with Crippen molar-refractivity contribution in [3.8, 4) is 0 Å². The van der Waals surface area contributed by atoms with Crippen molar-refractivity contribution in [1.29, 1.82) is 0 Å². The van der Waals surface area contributed by atoms with Crippen molar-refractivity contribution in [2.24, 2.45) is 0 Å². The summed E-state index contributed by atoms with van der Waals surface area (Å²) in [5.41, 5.74) is 1.22. The van der Waals surface area contributed by atoms with Crippen LogP contribution in [-0.2, 0) is 0 Å². The molecule has 4 nitrogen and oxygen atoms in total. The maximum absolute atomic E-state index is 13.2. The van der Waals surface area contributed by atoms with Crippen LogP contribution in [0.3, 0.4) is 0 Å². The van der Waals surface area contributed by atoms with Gasteiger partial charge in [-0.15, -0.1) is 0 Å². The van der Waals surface area contributed by atoms with Gasteiger partial charge in [-0.3, -0.25) is 4.79 Å². The molecule has 1 heterocycles. The monoisotopic (exact) mass is 325 g/mol. The van der Waals surface area contributed by atoms with Crippen LogP contribution in [0.2, 0.25) is 0 Å². The molecule has 0 spiro atoms. The summed E-state index contributed by atoms with van der Waals surface area (Å²) in [5.74, 6) is -0.911. The number of rotatable bonds is 4. The van der Waals surface area contributed by atoms with E-state index in [9.17, 15) is 13.6 Å². The number of nitrogens with one attached hydrogen (secondary N) is 2. The van der Waals surface area contributed by atoms with Crippen LogP contribution in [0.5, 0.6) is 0 Å². The van der Waals surface area contributed by atoms with Crippen LogP contribution in [0.4, 0.5) is 26.0 Å². The van der Waals surface area contributed by atoms with Crippen LogP contribution < -0.4 is 10.6 Å². The van der Waals surface area contributed by atoms with E-state index >= 15 is 0 Å². The first-order valence-corrected chi connectivity index (χ1v) is 7.16. The van der Waals surface area contributed by atoms with Gasteiger partial charge in [-0.05, 0) is 54.6 Å². The van der Waals surface area contributed by atoms with Crippen LogP contribution in [0.25, 0.3) is 0 Å².